The van der Waals surface area contributed by atoms with Gasteiger partial charge in [-0.05, 0) is 48.3 Å². The van der Waals surface area contributed by atoms with Crippen LogP contribution in [0.1, 0.15) is 29.2 Å². The second-order valence-electron chi connectivity index (χ2n) is 6.27. The summed E-state index contributed by atoms with van der Waals surface area (Å²) in [5, 5.41) is 28.8. The molecule has 0 bridgehead atoms. The first-order chi connectivity index (χ1) is 12.0. The van der Waals surface area contributed by atoms with Gasteiger partial charge in [-0.25, -0.2) is 0 Å². The summed E-state index contributed by atoms with van der Waals surface area (Å²) in [7, 11) is 0. The number of phenolic OH excluding ortho intramolecular Hbond substituents is 1. The Balaban J connectivity index is 2.31. The Morgan fingerprint density at radius 1 is 1.04 bits per heavy atom. The number of aromatic hydroxyl groups is 1. The van der Waals surface area contributed by atoms with Crippen molar-refractivity contribution >= 4 is 11.6 Å². The smallest absolute Gasteiger partial charge is 0.125 e. The van der Waals surface area contributed by atoms with Gasteiger partial charge in [0.15, 0.2) is 0 Å². The molecule has 2 rings (SSSR count). The van der Waals surface area contributed by atoms with Crippen LogP contribution < -0.4 is 0 Å². The molecule has 2 aromatic carbocycles. The van der Waals surface area contributed by atoms with Gasteiger partial charge in [-0.3, -0.25) is 4.90 Å². The van der Waals surface area contributed by atoms with Gasteiger partial charge in [0.2, 0.25) is 0 Å². The monoisotopic (exact) mass is 341 g/mol. The molecule has 0 fully saturated rings. The van der Waals surface area contributed by atoms with E-state index in [1.54, 1.807) is 0 Å². The molecule has 0 radical (unpaired) electrons. The molecule has 0 saturated carbocycles. The molecule has 0 aliphatic rings. The maximum Gasteiger partial charge on any atom is 0.125 e. The summed E-state index contributed by atoms with van der Waals surface area (Å²) in [5.41, 5.74) is 4.84. The molecule has 0 aliphatic carbocycles. The maximum atomic E-state index is 10.4. The first kappa shape index (κ1) is 19.2. The second kappa shape index (κ2) is 9.37. The lowest BCUT2D eigenvalue weighted by atomic mass is 10.00. The molecule has 3 N–H and O–H groups in total. The van der Waals surface area contributed by atoms with Crippen molar-refractivity contribution in [2.45, 2.75) is 20.4 Å². The van der Waals surface area contributed by atoms with Gasteiger partial charge in [0.25, 0.3) is 0 Å². The van der Waals surface area contributed by atoms with Crippen molar-refractivity contribution in [3.05, 3.63) is 64.7 Å². The number of allylic oxidation sites excluding steroid dienone is 1. The fourth-order valence-corrected chi connectivity index (χ4v) is 2.91. The third kappa shape index (κ3) is 5.43. The van der Waals surface area contributed by atoms with E-state index in [0.29, 0.717) is 19.6 Å². The minimum atomic E-state index is 0.0525. The lowest BCUT2D eigenvalue weighted by Gasteiger charge is -2.21. The van der Waals surface area contributed by atoms with Crippen molar-refractivity contribution in [2.75, 3.05) is 26.3 Å². The molecule has 25 heavy (non-hydrogen) atoms. The van der Waals surface area contributed by atoms with Crippen LogP contribution in [0.15, 0.2) is 42.5 Å². The largest absolute Gasteiger partial charge is 0.507 e. The van der Waals surface area contributed by atoms with Crippen LogP contribution >= 0.6 is 0 Å². The highest BCUT2D eigenvalue weighted by Gasteiger charge is 2.10. The number of nitrogens with zero attached hydrogens (tertiary/aromatic N) is 1. The third-order valence-electron chi connectivity index (χ3n) is 4.23. The number of aryl methyl sites for hydroxylation is 1. The standard InChI is InChI=1S/C21H27NO3/c1-16(19-6-4-3-5-7-19)13-20-14-18(12-17(2)21(20)25)15-22(8-10-23)9-11-24/h3-7,12-14,23-25H,8-11,15H2,1-2H3. The summed E-state index contributed by atoms with van der Waals surface area (Å²) >= 11 is 0. The Bertz CT molecular complexity index is 705. The molecule has 4 heteroatoms. The van der Waals surface area contributed by atoms with Gasteiger partial charge in [-0.1, -0.05) is 36.4 Å². The highest BCUT2D eigenvalue weighted by atomic mass is 16.3. The van der Waals surface area contributed by atoms with E-state index in [9.17, 15) is 5.11 Å². The van der Waals surface area contributed by atoms with Crippen molar-refractivity contribution in [1.29, 1.82) is 0 Å². The Kier molecular flexibility index (Phi) is 7.19. The van der Waals surface area contributed by atoms with Gasteiger partial charge in [0.1, 0.15) is 5.75 Å². The van der Waals surface area contributed by atoms with Crippen LogP contribution in [0.25, 0.3) is 11.6 Å². The van der Waals surface area contributed by atoms with Gasteiger partial charge in [0, 0.05) is 25.2 Å². The summed E-state index contributed by atoms with van der Waals surface area (Å²) in [6.45, 7) is 5.65. The Morgan fingerprint density at radius 3 is 2.28 bits per heavy atom. The van der Waals surface area contributed by atoms with Crippen LogP contribution in [0.5, 0.6) is 5.75 Å². The molecular weight excluding hydrogens is 314 g/mol. The van der Waals surface area contributed by atoms with E-state index in [1.807, 2.05) is 67.3 Å². The highest BCUT2D eigenvalue weighted by Crippen LogP contribution is 2.28. The van der Waals surface area contributed by atoms with Crippen LogP contribution in [0.4, 0.5) is 0 Å². The second-order valence-corrected chi connectivity index (χ2v) is 6.27. The number of rotatable bonds is 8. The number of aliphatic hydroxyl groups excluding tert-OH is 2. The van der Waals surface area contributed by atoms with E-state index in [4.69, 9.17) is 10.2 Å². The molecule has 0 aliphatic heterocycles. The molecule has 4 nitrogen and oxygen atoms in total. The van der Waals surface area contributed by atoms with Crippen molar-refractivity contribution in [3.63, 3.8) is 0 Å². The van der Waals surface area contributed by atoms with Crippen LogP contribution in [0.2, 0.25) is 0 Å². The normalized spacial score (nSPS) is 12.0. The Labute approximate surface area is 149 Å². The summed E-state index contributed by atoms with van der Waals surface area (Å²) in [4.78, 5) is 1.99. The van der Waals surface area contributed by atoms with E-state index in [-0.39, 0.29) is 19.0 Å². The number of benzene rings is 2. The molecule has 0 saturated heterocycles. The lowest BCUT2D eigenvalue weighted by molar-refractivity contribution is 0.156. The minimum Gasteiger partial charge on any atom is -0.507 e. The molecular formula is C21H27NO3. The molecule has 0 amide bonds. The van der Waals surface area contributed by atoms with Crippen LogP contribution in [0.3, 0.4) is 0 Å². The van der Waals surface area contributed by atoms with E-state index in [2.05, 4.69) is 0 Å². The Hall–Kier alpha value is -2.14. The topological polar surface area (TPSA) is 63.9 Å². The molecule has 0 aromatic heterocycles. The molecule has 0 unspecified atom stereocenters. The van der Waals surface area contributed by atoms with Crippen molar-refractivity contribution in [3.8, 4) is 5.75 Å². The van der Waals surface area contributed by atoms with Gasteiger partial charge in [-0.2, -0.15) is 0 Å². The van der Waals surface area contributed by atoms with E-state index < -0.39 is 0 Å². The van der Waals surface area contributed by atoms with Crippen LogP contribution in [-0.2, 0) is 6.54 Å². The first-order valence-corrected chi connectivity index (χ1v) is 8.55. The van der Waals surface area contributed by atoms with Gasteiger partial charge < -0.3 is 15.3 Å². The van der Waals surface area contributed by atoms with Crippen LogP contribution in [0, 0.1) is 6.92 Å². The predicted octanol–water partition coefficient (Wildman–Crippen LogP) is 3.05. The quantitative estimate of drug-likeness (QED) is 0.646. The average Bonchev–Trinajstić information content (AvgIpc) is 2.60. The van der Waals surface area contributed by atoms with Gasteiger partial charge >= 0.3 is 0 Å². The number of hydrogen-bond donors (Lipinski definition) is 3. The lowest BCUT2D eigenvalue weighted by Crippen LogP contribution is -2.29. The fourth-order valence-electron chi connectivity index (χ4n) is 2.91. The highest BCUT2D eigenvalue weighted by molar-refractivity contribution is 5.82. The zero-order valence-corrected chi connectivity index (χ0v) is 14.9. The zero-order valence-electron chi connectivity index (χ0n) is 14.9. The molecule has 0 spiro atoms. The van der Waals surface area contributed by atoms with E-state index >= 15 is 0 Å². The zero-order chi connectivity index (χ0) is 18.2. The van der Waals surface area contributed by atoms with Crippen molar-refractivity contribution < 1.29 is 15.3 Å². The van der Waals surface area contributed by atoms with E-state index in [1.165, 1.54) is 0 Å². The maximum absolute atomic E-state index is 10.4. The number of aliphatic hydroxyl groups is 2. The van der Waals surface area contributed by atoms with Crippen molar-refractivity contribution in [2.24, 2.45) is 0 Å². The summed E-state index contributed by atoms with van der Waals surface area (Å²) < 4.78 is 0. The fraction of sp³-hybridized carbons (Fsp3) is 0.333. The van der Waals surface area contributed by atoms with Crippen molar-refractivity contribution in [1.82, 2.24) is 4.90 Å². The molecule has 0 heterocycles. The summed E-state index contributed by atoms with van der Waals surface area (Å²) in [6, 6.07) is 14.0. The number of phenols is 1. The van der Waals surface area contributed by atoms with E-state index in [0.717, 1.165) is 27.8 Å². The summed E-state index contributed by atoms with van der Waals surface area (Å²) in [5.74, 6) is 0.287. The minimum absolute atomic E-state index is 0.0525. The first-order valence-electron chi connectivity index (χ1n) is 8.55. The van der Waals surface area contributed by atoms with Crippen LogP contribution in [-0.4, -0.2) is 46.5 Å². The third-order valence-corrected chi connectivity index (χ3v) is 4.23. The van der Waals surface area contributed by atoms with Gasteiger partial charge in [-0.15, -0.1) is 0 Å². The predicted molar refractivity (Wildman–Crippen MR) is 102 cm³/mol. The molecule has 0 atom stereocenters. The summed E-state index contributed by atoms with van der Waals surface area (Å²) in [6.07, 6.45) is 1.99. The Morgan fingerprint density at radius 2 is 1.68 bits per heavy atom. The molecule has 2 aromatic rings. The SMILES string of the molecule is CC(=Cc1cc(CN(CCO)CCO)cc(C)c1O)c1ccccc1. The molecule has 134 valence electrons. The van der Waals surface area contributed by atoms with Gasteiger partial charge in [0.05, 0.1) is 13.2 Å². The average molecular weight is 341 g/mol. The number of hydrogen-bond acceptors (Lipinski definition) is 4.